The summed E-state index contributed by atoms with van der Waals surface area (Å²) in [6.45, 7) is 8.46. The summed E-state index contributed by atoms with van der Waals surface area (Å²) in [6.07, 6.45) is 11.3. The van der Waals surface area contributed by atoms with Crippen LogP contribution in [0.1, 0.15) is 66.2 Å². The minimum Gasteiger partial charge on any atom is -0.299 e. The third kappa shape index (κ3) is 3.46. The Hall–Kier alpha value is -0.590. The van der Waals surface area contributed by atoms with Gasteiger partial charge in [-0.1, -0.05) is 52.7 Å². The molecule has 1 nitrogen and oxygen atoms in total. The van der Waals surface area contributed by atoms with E-state index in [1.807, 2.05) is 13.8 Å². The first-order valence-electron chi connectivity index (χ1n) is 7.95. The second kappa shape index (κ2) is 7.76. The molecule has 0 aromatic carbocycles. The third-order valence-electron chi connectivity index (χ3n) is 4.62. The fourth-order valence-corrected chi connectivity index (χ4v) is 3.50. The highest BCUT2D eigenvalue weighted by atomic mass is 16.1. The van der Waals surface area contributed by atoms with Gasteiger partial charge >= 0.3 is 0 Å². The van der Waals surface area contributed by atoms with Crippen LogP contribution in [0.5, 0.6) is 0 Å². The zero-order valence-electron chi connectivity index (χ0n) is 12.6. The van der Waals surface area contributed by atoms with E-state index in [2.05, 4.69) is 26.0 Å². The standard InChI is InChI=1S/C15H24O.C2H6/c1-3-12-10-13(4-2)15(12)14(16)9-11-7-5-6-8-11;1-2/h5,7,11-13,15H,3-4,6,8-10H2,1-2H3;1-2H3. The Balaban J connectivity index is 0.000000771. The van der Waals surface area contributed by atoms with Crippen LogP contribution in [0.4, 0.5) is 0 Å². The first kappa shape index (κ1) is 15.5. The summed E-state index contributed by atoms with van der Waals surface area (Å²) < 4.78 is 0. The van der Waals surface area contributed by atoms with Gasteiger partial charge in [0.2, 0.25) is 0 Å². The summed E-state index contributed by atoms with van der Waals surface area (Å²) in [4.78, 5) is 12.3. The lowest BCUT2D eigenvalue weighted by molar-refractivity contribution is -0.133. The number of allylic oxidation sites excluding steroid dienone is 2. The Morgan fingerprint density at radius 1 is 1.17 bits per heavy atom. The number of rotatable bonds is 5. The lowest BCUT2D eigenvalue weighted by Gasteiger charge is -2.43. The zero-order valence-corrected chi connectivity index (χ0v) is 12.6. The van der Waals surface area contributed by atoms with Gasteiger partial charge in [0.15, 0.2) is 0 Å². The number of carbonyl (C=O) groups is 1. The first-order chi connectivity index (χ1) is 8.76. The molecule has 0 aromatic heterocycles. The normalized spacial score (nSPS) is 33.6. The average molecular weight is 250 g/mol. The fraction of sp³-hybridized carbons (Fsp3) is 0.824. The molecule has 1 fully saturated rings. The Labute approximate surface area is 113 Å². The lowest BCUT2D eigenvalue weighted by Crippen LogP contribution is -2.42. The van der Waals surface area contributed by atoms with Gasteiger partial charge in [-0.05, 0) is 37.0 Å². The summed E-state index contributed by atoms with van der Waals surface area (Å²) in [6, 6.07) is 0. The Kier molecular flexibility index (Phi) is 6.67. The zero-order chi connectivity index (χ0) is 13.5. The maximum absolute atomic E-state index is 12.3. The molecule has 18 heavy (non-hydrogen) atoms. The quantitative estimate of drug-likeness (QED) is 0.627. The van der Waals surface area contributed by atoms with Gasteiger partial charge in [-0.2, -0.15) is 0 Å². The van der Waals surface area contributed by atoms with E-state index in [-0.39, 0.29) is 0 Å². The predicted molar refractivity (Wildman–Crippen MR) is 78.5 cm³/mol. The molecule has 0 heterocycles. The molecule has 0 bridgehead atoms. The second-order valence-electron chi connectivity index (χ2n) is 5.53. The van der Waals surface area contributed by atoms with Gasteiger partial charge in [0, 0.05) is 12.3 Å². The molecule has 0 aromatic rings. The van der Waals surface area contributed by atoms with Crippen molar-refractivity contribution in [2.24, 2.45) is 23.7 Å². The second-order valence-corrected chi connectivity index (χ2v) is 5.53. The molecule has 3 atom stereocenters. The average Bonchev–Trinajstić information content (AvgIpc) is 2.84. The smallest absolute Gasteiger partial charge is 0.137 e. The largest absolute Gasteiger partial charge is 0.299 e. The van der Waals surface area contributed by atoms with E-state index in [1.54, 1.807) is 0 Å². The van der Waals surface area contributed by atoms with Gasteiger partial charge in [0.05, 0.1) is 0 Å². The van der Waals surface area contributed by atoms with Crippen molar-refractivity contribution >= 4 is 5.78 Å². The number of Topliss-reactive ketones (excluding diaryl/α,β-unsaturated/α-hetero) is 1. The van der Waals surface area contributed by atoms with Crippen molar-refractivity contribution in [1.82, 2.24) is 0 Å². The maximum atomic E-state index is 12.3. The van der Waals surface area contributed by atoms with Crippen LogP contribution in [-0.2, 0) is 4.79 Å². The van der Waals surface area contributed by atoms with Crippen LogP contribution in [-0.4, -0.2) is 5.78 Å². The van der Waals surface area contributed by atoms with E-state index >= 15 is 0 Å². The number of hydrogen-bond donors (Lipinski definition) is 0. The van der Waals surface area contributed by atoms with Crippen LogP contribution in [0.25, 0.3) is 0 Å². The molecule has 2 aliphatic carbocycles. The highest BCUT2D eigenvalue weighted by molar-refractivity contribution is 5.83. The van der Waals surface area contributed by atoms with E-state index in [4.69, 9.17) is 0 Å². The summed E-state index contributed by atoms with van der Waals surface area (Å²) in [7, 11) is 0. The van der Waals surface area contributed by atoms with Crippen molar-refractivity contribution in [3.63, 3.8) is 0 Å². The first-order valence-corrected chi connectivity index (χ1v) is 7.95. The Morgan fingerprint density at radius 3 is 2.22 bits per heavy atom. The van der Waals surface area contributed by atoms with Gasteiger partial charge < -0.3 is 0 Å². The topological polar surface area (TPSA) is 17.1 Å². The molecule has 1 heteroatoms. The molecular weight excluding hydrogens is 220 g/mol. The molecular formula is C17H30O. The molecule has 0 N–H and O–H groups in total. The van der Waals surface area contributed by atoms with Gasteiger partial charge in [0.1, 0.15) is 5.78 Å². The summed E-state index contributed by atoms with van der Waals surface area (Å²) >= 11 is 0. The van der Waals surface area contributed by atoms with Crippen molar-refractivity contribution in [3.8, 4) is 0 Å². The van der Waals surface area contributed by atoms with Gasteiger partial charge in [-0.15, -0.1) is 0 Å². The predicted octanol–water partition coefficient (Wildman–Crippen LogP) is 5.01. The van der Waals surface area contributed by atoms with Crippen molar-refractivity contribution in [3.05, 3.63) is 12.2 Å². The summed E-state index contributed by atoms with van der Waals surface area (Å²) in [5.41, 5.74) is 0. The van der Waals surface area contributed by atoms with Crippen LogP contribution in [0.2, 0.25) is 0 Å². The molecule has 0 aliphatic heterocycles. The van der Waals surface area contributed by atoms with E-state index in [1.165, 1.54) is 32.1 Å². The Bertz CT molecular complexity index is 269. The van der Waals surface area contributed by atoms with Crippen molar-refractivity contribution < 1.29 is 4.79 Å². The highest BCUT2D eigenvalue weighted by Crippen LogP contribution is 2.45. The van der Waals surface area contributed by atoms with E-state index in [0.29, 0.717) is 29.5 Å². The van der Waals surface area contributed by atoms with Crippen LogP contribution < -0.4 is 0 Å². The van der Waals surface area contributed by atoms with E-state index < -0.39 is 0 Å². The van der Waals surface area contributed by atoms with E-state index in [0.717, 1.165) is 6.42 Å². The Morgan fingerprint density at radius 2 is 1.78 bits per heavy atom. The van der Waals surface area contributed by atoms with Crippen molar-refractivity contribution in [1.29, 1.82) is 0 Å². The van der Waals surface area contributed by atoms with E-state index in [9.17, 15) is 4.79 Å². The van der Waals surface area contributed by atoms with Gasteiger partial charge in [0.25, 0.3) is 0 Å². The van der Waals surface area contributed by atoms with Gasteiger partial charge in [-0.3, -0.25) is 4.79 Å². The number of hydrogen-bond acceptors (Lipinski definition) is 1. The highest BCUT2D eigenvalue weighted by Gasteiger charge is 2.43. The van der Waals surface area contributed by atoms with Crippen LogP contribution in [0.3, 0.4) is 0 Å². The summed E-state index contributed by atoms with van der Waals surface area (Å²) in [5, 5.41) is 0. The molecule has 0 saturated heterocycles. The van der Waals surface area contributed by atoms with Crippen molar-refractivity contribution in [2.45, 2.75) is 66.2 Å². The molecule has 0 spiro atoms. The number of carbonyl (C=O) groups excluding carboxylic acids is 1. The molecule has 3 unspecified atom stereocenters. The monoisotopic (exact) mass is 250 g/mol. The molecule has 2 aliphatic rings. The van der Waals surface area contributed by atoms with Crippen LogP contribution in [0, 0.1) is 23.7 Å². The minimum atomic E-state index is 0.406. The SMILES string of the molecule is CC.CCC1CC(CC)C1C(=O)CC1C=CCC1. The number of ketones is 1. The lowest BCUT2D eigenvalue weighted by atomic mass is 9.60. The summed E-state index contributed by atoms with van der Waals surface area (Å²) in [5.74, 6) is 2.92. The van der Waals surface area contributed by atoms with Crippen molar-refractivity contribution in [2.75, 3.05) is 0 Å². The maximum Gasteiger partial charge on any atom is 0.137 e. The van der Waals surface area contributed by atoms with Gasteiger partial charge in [-0.25, -0.2) is 0 Å². The van der Waals surface area contributed by atoms with Crippen LogP contribution in [0.15, 0.2) is 12.2 Å². The molecule has 1 saturated carbocycles. The molecule has 2 rings (SSSR count). The minimum absolute atomic E-state index is 0.406. The molecule has 0 radical (unpaired) electrons. The fourth-order valence-electron chi connectivity index (χ4n) is 3.50. The third-order valence-corrected chi connectivity index (χ3v) is 4.62. The molecule has 104 valence electrons. The molecule has 0 amide bonds. The van der Waals surface area contributed by atoms with Crippen LogP contribution >= 0.6 is 0 Å².